The monoisotopic (exact) mass is 249 g/mol. The van der Waals surface area contributed by atoms with Gasteiger partial charge in [0.05, 0.1) is 0 Å². The summed E-state index contributed by atoms with van der Waals surface area (Å²) < 4.78 is 13.4. The van der Waals surface area contributed by atoms with E-state index in [1.54, 1.807) is 6.07 Å². The molecule has 1 aromatic rings. The molecule has 0 atom stereocenters. The van der Waals surface area contributed by atoms with E-state index in [9.17, 15) is 4.39 Å². The molecular formula is C16H24FN. The first-order valence-corrected chi connectivity index (χ1v) is 6.98. The van der Waals surface area contributed by atoms with Gasteiger partial charge in [-0.05, 0) is 48.9 Å². The summed E-state index contributed by atoms with van der Waals surface area (Å²) in [7, 11) is 0. The third-order valence-electron chi connectivity index (χ3n) is 3.93. The standard InChI is InChI=1S/C16H24FN/c1-12(2)10-18-11-16(8-13(3)9-16)14-5-4-6-15(17)7-14/h4-7,12-13,18H,8-11H2,1-3H3. The van der Waals surface area contributed by atoms with Gasteiger partial charge in [0.1, 0.15) is 5.82 Å². The van der Waals surface area contributed by atoms with Gasteiger partial charge in [0.15, 0.2) is 0 Å². The number of nitrogens with one attached hydrogen (secondary N) is 1. The van der Waals surface area contributed by atoms with Crippen LogP contribution in [0.1, 0.15) is 39.2 Å². The van der Waals surface area contributed by atoms with E-state index >= 15 is 0 Å². The first-order chi connectivity index (χ1) is 8.52. The van der Waals surface area contributed by atoms with Gasteiger partial charge in [-0.1, -0.05) is 32.9 Å². The molecule has 1 aliphatic carbocycles. The Bertz CT molecular complexity index is 394. The highest BCUT2D eigenvalue weighted by atomic mass is 19.1. The van der Waals surface area contributed by atoms with Crippen molar-refractivity contribution < 1.29 is 4.39 Å². The van der Waals surface area contributed by atoms with Crippen LogP contribution in [0.15, 0.2) is 24.3 Å². The van der Waals surface area contributed by atoms with Crippen molar-refractivity contribution in [1.29, 1.82) is 0 Å². The molecule has 0 radical (unpaired) electrons. The normalized spacial score (nSPS) is 27.3. The second-order valence-electron chi connectivity index (χ2n) is 6.33. The highest BCUT2D eigenvalue weighted by Crippen LogP contribution is 2.47. The van der Waals surface area contributed by atoms with Crippen LogP contribution >= 0.6 is 0 Å². The van der Waals surface area contributed by atoms with Crippen LogP contribution < -0.4 is 5.32 Å². The highest BCUT2D eigenvalue weighted by Gasteiger charge is 2.43. The first kappa shape index (κ1) is 13.5. The molecule has 0 bridgehead atoms. The highest BCUT2D eigenvalue weighted by molar-refractivity contribution is 5.30. The van der Waals surface area contributed by atoms with Crippen molar-refractivity contribution in [3.05, 3.63) is 35.6 Å². The Hall–Kier alpha value is -0.890. The molecule has 2 rings (SSSR count). The summed E-state index contributed by atoms with van der Waals surface area (Å²) in [5.74, 6) is 1.30. The molecule has 2 heteroatoms. The van der Waals surface area contributed by atoms with Crippen LogP contribution in [0.3, 0.4) is 0 Å². The van der Waals surface area contributed by atoms with Crippen molar-refractivity contribution in [3.8, 4) is 0 Å². The zero-order valence-corrected chi connectivity index (χ0v) is 11.7. The number of hydrogen-bond acceptors (Lipinski definition) is 1. The summed E-state index contributed by atoms with van der Waals surface area (Å²) >= 11 is 0. The summed E-state index contributed by atoms with van der Waals surface area (Å²) in [5.41, 5.74) is 1.33. The predicted molar refractivity (Wildman–Crippen MR) is 74.2 cm³/mol. The lowest BCUT2D eigenvalue weighted by Crippen LogP contribution is -2.48. The van der Waals surface area contributed by atoms with Crippen molar-refractivity contribution in [2.75, 3.05) is 13.1 Å². The maximum atomic E-state index is 13.4. The van der Waals surface area contributed by atoms with Gasteiger partial charge in [0, 0.05) is 12.0 Å². The van der Waals surface area contributed by atoms with Crippen molar-refractivity contribution in [3.63, 3.8) is 0 Å². The van der Waals surface area contributed by atoms with Gasteiger partial charge in [-0.25, -0.2) is 4.39 Å². The Kier molecular flexibility index (Phi) is 4.06. The average Bonchev–Trinajstić information content (AvgIpc) is 2.25. The van der Waals surface area contributed by atoms with Crippen molar-refractivity contribution in [2.45, 2.75) is 39.0 Å². The second kappa shape index (κ2) is 5.40. The molecule has 1 fully saturated rings. The molecule has 1 nitrogen and oxygen atoms in total. The maximum absolute atomic E-state index is 13.4. The van der Waals surface area contributed by atoms with Crippen LogP contribution in [0.4, 0.5) is 4.39 Å². The molecule has 0 spiro atoms. The minimum atomic E-state index is -0.115. The Balaban J connectivity index is 2.07. The third-order valence-corrected chi connectivity index (χ3v) is 3.93. The van der Waals surface area contributed by atoms with Crippen LogP contribution in [0.25, 0.3) is 0 Å². The summed E-state index contributed by atoms with van der Waals surface area (Å²) in [5, 5.41) is 3.54. The number of halogens is 1. The lowest BCUT2D eigenvalue weighted by Gasteiger charge is -2.47. The van der Waals surface area contributed by atoms with E-state index in [2.05, 4.69) is 32.2 Å². The van der Waals surface area contributed by atoms with Crippen molar-refractivity contribution in [2.24, 2.45) is 11.8 Å². The van der Waals surface area contributed by atoms with E-state index in [1.165, 1.54) is 18.9 Å². The SMILES string of the molecule is CC(C)CNCC1(c2cccc(F)c2)CC(C)C1. The minimum absolute atomic E-state index is 0.115. The molecule has 18 heavy (non-hydrogen) atoms. The van der Waals surface area contributed by atoms with Gasteiger partial charge in [-0.3, -0.25) is 0 Å². The molecule has 0 aliphatic heterocycles. The van der Waals surface area contributed by atoms with Crippen LogP contribution in [0.5, 0.6) is 0 Å². The molecule has 0 saturated heterocycles. The van der Waals surface area contributed by atoms with Crippen molar-refractivity contribution >= 4 is 0 Å². The van der Waals surface area contributed by atoms with E-state index in [4.69, 9.17) is 0 Å². The molecule has 1 saturated carbocycles. The topological polar surface area (TPSA) is 12.0 Å². The number of hydrogen-bond donors (Lipinski definition) is 1. The Morgan fingerprint density at radius 3 is 2.67 bits per heavy atom. The van der Waals surface area contributed by atoms with Gasteiger partial charge in [-0.15, -0.1) is 0 Å². The van der Waals surface area contributed by atoms with Crippen LogP contribution in [0.2, 0.25) is 0 Å². The molecule has 100 valence electrons. The molecule has 0 heterocycles. The van der Waals surface area contributed by atoms with Crippen LogP contribution in [-0.4, -0.2) is 13.1 Å². The average molecular weight is 249 g/mol. The molecule has 1 aromatic carbocycles. The van der Waals surface area contributed by atoms with Gasteiger partial charge in [0.2, 0.25) is 0 Å². The number of benzene rings is 1. The fourth-order valence-electron chi connectivity index (χ4n) is 3.17. The predicted octanol–water partition coefficient (Wildman–Crippen LogP) is 3.74. The summed E-state index contributed by atoms with van der Waals surface area (Å²) in [6.07, 6.45) is 2.34. The van der Waals surface area contributed by atoms with Gasteiger partial charge >= 0.3 is 0 Å². The van der Waals surface area contributed by atoms with Crippen molar-refractivity contribution in [1.82, 2.24) is 5.32 Å². The lowest BCUT2D eigenvalue weighted by molar-refractivity contribution is 0.151. The molecule has 0 unspecified atom stereocenters. The summed E-state index contributed by atoms with van der Waals surface area (Å²) in [6.45, 7) is 8.71. The smallest absolute Gasteiger partial charge is 0.123 e. The molecular weight excluding hydrogens is 225 g/mol. The fraction of sp³-hybridized carbons (Fsp3) is 0.625. The van der Waals surface area contributed by atoms with E-state index in [0.29, 0.717) is 5.92 Å². The Morgan fingerprint density at radius 1 is 1.39 bits per heavy atom. The Labute approximate surface area is 110 Å². The van der Waals surface area contributed by atoms with E-state index in [1.807, 2.05) is 6.07 Å². The van der Waals surface area contributed by atoms with Crippen LogP contribution in [-0.2, 0) is 5.41 Å². The second-order valence-corrected chi connectivity index (χ2v) is 6.33. The van der Waals surface area contributed by atoms with Crippen LogP contribution in [0, 0.1) is 17.7 Å². The molecule has 0 aromatic heterocycles. The molecule has 1 N–H and O–H groups in total. The number of rotatable bonds is 5. The lowest BCUT2D eigenvalue weighted by atomic mass is 9.59. The third kappa shape index (κ3) is 2.92. The van der Waals surface area contributed by atoms with E-state index in [0.717, 1.165) is 24.6 Å². The van der Waals surface area contributed by atoms with E-state index < -0.39 is 0 Å². The maximum Gasteiger partial charge on any atom is 0.123 e. The van der Waals surface area contributed by atoms with Gasteiger partial charge in [-0.2, -0.15) is 0 Å². The summed E-state index contributed by atoms with van der Waals surface area (Å²) in [6, 6.07) is 7.15. The zero-order valence-electron chi connectivity index (χ0n) is 11.7. The summed E-state index contributed by atoms with van der Waals surface area (Å²) in [4.78, 5) is 0. The fourth-order valence-corrected chi connectivity index (χ4v) is 3.17. The van der Waals surface area contributed by atoms with E-state index in [-0.39, 0.29) is 11.2 Å². The quantitative estimate of drug-likeness (QED) is 0.838. The largest absolute Gasteiger partial charge is 0.316 e. The Morgan fingerprint density at radius 2 is 2.11 bits per heavy atom. The zero-order chi connectivity index (χ0) is 13.2. The van der Waals surface area contributed by atoms with Gasteiger partial charge in [0.25, 0.3) is 0 Å². The minimum Gasteiger partial charge on any atom is -0.316 e. The first-order valence-electron chi connectivity index (χ1n) is 6.98. The molecule has 0 amide bonds. The van der Waals surface area contributed by atoms with Gasteiger partial charge < -0.3 is 5.32 Å². The molecule has 1 aliphatic rings.